The number of piperidine rings is 2. The highest BCUT2D eigenvalue weighted by Gasteiger charge is 2.32. The molecule has 0 N–H and O–H groups in total. The minimum absolute atomic E-state index is 0.0184. The van der Waals surface area contributed by atoms with Gasteiger partial charge in [-0.05, 0) is 77.1 Å². The normalized spacial score (nSPS) is 20.4. The summed E-state index contributed by atoms with van der Waals surface area (Å²) in [6, 6.07) is 3.47. The van der Waals surface area contributed by atoms with Crippen LogP contribution in [0.3, 0.4) is 0 Å². The SMILES string of the molecule is CC(C)(C)OC(=O)N1CCC(N2CCC(c3ccc(Cl)c(F)c3F)CC2)CC1. The van der Waals surface area contributed by atoms with Gasteiger partial charge in [0, 0.05) is 19.1 Å². The number of nitrogens with zero attached hydrogens (tertiary/aromatic N) is 2. The summed E-state index contributed by atoms with van der Waals surface area (Å²) >= 11 is 5.66. The van der Waals surface area contributed by atoms with Crippen LogP contribution in [0.5, 0.6) is 0 Å². The number of hydrogen-bond acceptors (Lipinski definition) is 3. The van der Waals surface area contributed by atoms with Crippen LogP contribution < -0.4 is 0 Å². The van der Waals surface area contributed by atoms with Crippen molar-refractivity contribution in [2.45, 2.75) is 64.0 Å². The van der Waals surface area contributed by atoms with Crippen molar-refractivity contribution >= 4 is 17.7 Å². The summed E-state index contributed by atoms with van der Waals surface area (Å²) in [6.07, 6.45) is 3.17. The summed E-state index contributed by atoms with van der Waals surface area (Å²) in [5, 5.41) is -0.171. The first-order valence-electron chi connectivity index (χ1n) is 10.0. The summed E-state index contributed by atoms with van der Waals surface area (Å²) in [7, 11) is 0. The molecule has 1 amide bonds. The molecule has 3 rings (SSSR count). The monoisotopic (exact) mass is 414 g/mol. The topological polar surface area (TPSA) is 32.8 Å². The van der Waals surface area contributed by atoms with Crippen molar-refractivity contribution in [3.8, 4) is 0 Å². The number of carbonyl (C=O) groups excluding carboxylic acids is 1. The van der Waals surface area contributed by atoms with Crippen molar-refractivity contribution in [1.82, 2.24) is 9.80 Å². The molecule has 0 unspecified atom stereocenters. The molecule has 0 bridgehead atoms. The minimum Gasteiger partial charge on any atom is -0.444 e. The number of ether oxygens (including phenoxy) is 1. The maximum absolute atomic E-state index is 14.2. The molecule has 0 saturated carbocycles. The quantitative estimate of drug-likeness (QED) is 0.624. The van der Waals surface area contributed by atoms with E-state index in [-0.39, 0.29) is 17.0 Å². The van der Waals surface area contributed by atoms with E-state index >= 15 is 0 Å². The van der Waals surface area contributed by atoms with Gasteiger partial charge in [0.25, 0.3) is 0 Å². The lowest BCUT2D eigenvalue weighted by molar-refractivity contribution is 0.0127. The van der Waals surface area contributed by atoms with Gasteiger partial charge < -0.3 is 14.5 Å². The van der Waals surface area contributed by atoms with Crippen molar-refractivity contribution in [2.24, 2.45) is 0 Å². The van der Waals surface area contributed by atoms with Crippen LogP contribution >= 0.6 is 11.6 Å². The predicted molar refractivity (Wildman–Crippen MR) is 106 cm³/mol. The molecule has 4 nitrogen and oxygen atoms in total. The average molecular weight is 415 g/mol. The van der Waals surface area contributed by atoms with E-state index in [0.29, 0.717) is 24.7 Å². The Morgan fingerprint density at radius 3 is 2.21 bits per heavy atom. The number of amides is 1. The number of hydrogen-bond donors (Lipinski definition) is 0. The van der Waals surface area contributed by atoms with E-state index in [4.69, 9.17) is 16.3 Å². The summed E-state index contributed by atoms with van der Waals surface area (Å²) in [6.45, 7) is 8.70. The smallest absolute Gasteiger partial charge is 0.410 e. The molecule has 2 aliphatic rings. The Bertz CT molecular complexity index is 707. The molecule has 156 valence electrons. The number of likely N-dealkylation sites (tertiary alicyclic amines) is 2. The van der Waals surface area contributed by atoms with Crippen molar-refractivity contribution in [2.75, 3.05) is 26.2 Å². The summed E-state index contributed by atoms with van der Waals surface area (Å²) in [5.41, 5.74) is -0.0482. The molecule has 0 aliphatic carbocycles. The van der Waals surface area contributed by atoms with E-state index < -0.39 is 17.2 Å². The molecule has 0 aromatic heterocycles. The zero-order valence-corrected chi connectivity index (χ0v) is 17.6. The Morgan fingerprint density at radius 2 is 1.64 bits per heavy atom. The number of rotatable bonds is 2. The fraction of sp³-hybridized carbons (Fsp3) is 0.667. The molecule has 2 aliphatic heterocycles. The zero-order chi connectivity index (χ0) is 20.5. The molecule has 2 fully saturated rings. The molecule has 28 heavy (non-hydrogen) atoms. The lowest BCUT2D eigenvalue weighted by atomic mass is 9.87. The third-order valence-electron chi connectivity index (χ3n) is 5.67. The van der Waals surface area contributed by atoms with Gasteiger partial charge in [0.1, 0.15) is 5.60 Å². The zero-order valence-electron chi connectivity index (χ0n) is 16.8. The van der Waals surface area contributed by atoms with Gasteiger partial charge in [-0.15, -0.1) is 0 Å². The largest absolute Gasteiger partial charge is 0.444 e. The fourth-order valence-electron chi connectivity index (χ4n) is 4.17. The lowest BCUT2D eigenvalue weighted by Gasteiger charge is -2.42. The molecule has 7 heteroatoms. The van der Waals surface area contributed by atoms with E-state index in [1.165, 1.54) is 6.07 Å². The third-order valence-corrected chi connectivity index (χ3v) is 5.96. The summed E-state index contributed by atoms with van der Waals surface area (Å²) < 4.78 is 33.4. The average Bonchev–Trinajstić information content (AvgIpc) is 2.65. The number of carbonyl (C=O) groups is 1. The molecular formula is C21H29ClF2N2O2. The van der Waals surface area contributed by atoms with Crippen LogP contribution in [0, 0.1) is 11.6 Å². The number of halogens is 3. The summed E-state index contributed by atoms with van der Waals surface area (Å²) in [5.74, 6) is -1.74. The minimum atomic E-state index is -0.948. The van der Waals surface area contributed by atoms with Crippen LogP contribution in [-0.4, -0.2) is 53.7 Å². The lowest BCUT2D eigenvalue weighted by Crippen LogP contribution is -2.49. The Morgan fingerprint density at radius 1 is 1.04 bits per heavy atom. The van der Waals surface area contributed by atoms with Crippen LogP contribution in [0.15, 0.2) is 12.1 Å². The van der Waals surface area contributed by atoms with Gasteiger partial charge in [0.05, 0.1) is 5.02 Å². The Labute approximate surface area is 170 Å². The van der Waals surface area contributed by atoms with E-state index in [0.717, 1.165) is 38.8 Å². The second-order valence-corrected chi connectivity index (χ2v) is 9.18. The maximum atomic E-state index is 14.2. The first kappa shape index (κ1) is 21.3. The maximum Gasteiger partial charge on any atom is 0.410 e. The molecule has 0 spiro atoms. The fourth-order valence-corrected chi connectivity index (χ4v) is 4.32. The predicted octanol–water partition coefficient (Wildman–Crippen LogP) is 5.20. The molecular weight excluding hydrogens is 386 g/mol. The second-order valence-electron chi connectivity index (χ2n) is 8.77. The van der Waals surface area contributed by atoms with Gasteiger partial charge in [-0.25, -0.2) is 13.6 Å². The van der Waals surface area contributed by atoms with Crippen LogP contribution in [-0.2, 0) is 4.74 Å². The Balaban J connectivity index is 1.50. The van der Waals surface area contributed by atoms with Gasteiger partial charge in [0.2, 0.25) is 0 Å². The third kappa shape index (κ3) is 4.95. The van der Waals surface area contributed by atoms with Gasteiger partial charge in [-0.1, -0.05) is 17.7 Å². The highest BCUT2D eigenvalue weighted by molar-refractivity contribution is 6.30. The molecule has 0 radical (unpaired) electrons. The van der Waals surface area contributed by atoms with Gasteiger partial charge in [-0.2, -0.15) is 0 Å². The van der Waals surface area contributed by atoms with Crippen LogP contribution in [0.4, 0.5) is 13.6 Å². The molecule has 1 aromatic carbocycles. The Kier molecular flexibility index (Phi) is 6.50. The van der Waals surface area contributed by atoms with Crippen molar-refractivity contribution in [3.05, 3.63) is 34.4 Å². The number of benzene rings is 1. The van der Waals surface area contributed by atoms with E-state index in [2.05, 4.69) is 4.90 Å². The molecule has 0 atom stereocenters. The first-order chi connectivity index (χ1) is 13.2. The highest BCUT2D eigenvalue weighted by Crippen LogP contribution is 2.34. The van der Waals surface area contributed by atoms with Gasteiger partial charge in [-0.3, -0.25) is 0 Å². The van der Waals surface area contributed by atoms with Gasteiger partial charge >= 0.3 is 6.09 Å². The molecule has 1 aromatic rings. The van der Waals surface area contributed by atoms with Crippen LogP contribution in [0.25, 0.3) is 0 Å². The van der Waals surface area contributed by atoms with E-state index in [1.807, 2.05) is 20.8 Å². The second kappa shape index (κ2) is 8.54. The van der Waals surface area contributed by atoms with Crippen LogP contribution in [0.1, 0.15) is 57.9 Å². The first-order valence-corrected chi connectivity index (χ1v) is 10.4. The van der Waals surface area contributed by atoms with Crippen molar-refractivity contribution in [3.63, 3.8) is 0 Å². The Hall–Kier alpha value is -1.40. The molecule has 2 heterocycles. The molecule has 2 saturated heterocycles. The van der Waals surface area contributed by atoms with E-state index in [9.17, 15) is 13.6 Å². The van der Waals surface area contributed by atoms with Crippen LogP contribution in [0.2, 0.25) is 5.02 Å². The standard InChI is InChI=1S/C21H29ClF2N2O2/c1-21(2,3)28-20(27)26-12-8-15(9-13-26)25-10-6-14(7-11-25)16-4-5-17(22)19(24)18(16)23/h4-5,14-15H,6-13H2,1-3H3. The summed E-state index contributed by atoms with van der Waals surface area (Å²) in [4.78, 5) is 16.4. The van der Waals surface area contributed by atoms with E-state index in [1.54, 1.807) is 11.0 Å². The van der Waals surface area contributed by atoms with Crippen molar-refractivity contribution < 1.29 is 18.3 Å². The van der Waals surface area contributed by atoms with Crippen molar-refractivity contribution in [1.29, 1.82) is 0 Å². The van der Waals surface area contributed by atoms with Gasteiger partial charge in [0.15, 0.2) is 11.6 Å². The highest BCUT2D eigenvalue weighted by atomic mass is 35.5.